The van der Waals surface area contributed by atoms with E-state index < -0.39 is 0 Å². The van der Waals surface area contributed by atoms with Crippen molar-refractivity contribution in [2.75, 3.05) is 19.6 Å². The third-order valence-corrected chi connectivity index (χ3v) is 6.44. The number of benzene rings is 2. The normalized spacial score (nSPS) is 12.8. The van der Waals surface area contributed by atoms with Crippen molar-refractivity contribution in [2.24, 2.45) is 0 Å². The quantitative estimate of drug-likeness (QED) is 0.401. The minimum absolute atomic E-state index is 0.705. The van der Waals surface area contributed by atoms with Gasteiger partial charge in [0.15, 0.2) is 0 Å². The second kappa shape index (κ2) is 6.39. The molecule has 2 aromatic carbocycles. The van der Waals surface area contributed by atoms with E-state index in [0.717, 1.165) is 51.5 Å². The summed E-state index contributed by atoms with van der Waals surface area (Å²) >= 11 is 1.78. The molecule has 0 unspecified atom stereocenters. The first kappa shape index (κ1) is 16.5. The average molecular weight is 353 g/mol. The molecule has 130 valence electrons. The van der Waals surface area contributed by atoms with Crippen LogP contribution in [-0.4, -0.2) is 29.2 Å². The third-order valence-electron chi connectivity index (χ3n) is 5.13. The van der Waals surface area contributed by atoms with Gasteiger partial charge in [0, 0.05) is 16.3 Å². The van der Waals surface area contributed by atoms with Gasteiger partial charge in [-0.3, -0.25) is 0 Å². The zero-order valence-electron chi connectivity index (χ0n) is 15.0. The van der Waals surface area contributed by atoms with Gasteiger partial charge in [-0.25, -0.2) is 0 Å². The van der Waals surface area contributed by atoms with Crippen LogP contribution < -0.4 is 4.85 Å². The Hall–Kier alpha value is -1.98. The van der Waals surface area contributed by atoms with Gasteiger partial charge < -0.3 is 10.1 Å². The summed E-state index contributed by atoms with van der Waals surface area (Å²) in [6, 6.07) is 12.5. The molecule has 2 heterocycles. The molecule has 0 saturated carbocycles. The Balaban J connectivity index is 1.91. The van der Waals surface area contributed by atoms with Gasteiger partial charge >= 0.3 is 0 Å². The van der Waals surface area contributed by atoms with Crippen LogP contribution in [-0.2, 0) is 6.54 Å². The molecule has 25 heavy (non-hydrogen) atoms. The van der Waals surface area contributed by atoms with Gasteiger partial charge in [0.05, 0.1) is 17.5 Å². The number of rotatable bonds is 5. The molecular weight excluding hydrogens is 330 g/mol. The zero-order valence-corrected chi connectivity index (χ0v) is 15.8. The SMILES string of the molecule is CCN(CC)CCn1c2ccc(C)c3c2c([n+]1[O-])-c1ccccc1S3. The Kier molecular flexibility index (Phi) is 4.21. The summed E-state index contributed by atoms with van der Waals surface area (Å²) in [7, 11) is 0. The molecule has 0 bridgehead atoms. The van der Waals surface area contributed by atoms with E-state index in [1.54, 1.807) is 11.8 Å². The minimum atomic E-state index is 0.705. The highest BCUT2D eigenvalue weighted by atomic mass is 32.2. The number of fused-ring (bicyclic) bond motifs is 2. The predicted molar refractivity (Wildman–Crippen MR) is 103 cm³/mol. The molecular formula is C20H23N3OS. The van der Waals surface area contributed by atoms with E-state index in [1.807, 2.05) is 16.8 Å². The van der Waals surface area contributed by atoms with Crippen LogP contribution in [0.4, 0.5) is 0 Å². The van der Waals surface area contributed by atoms with Crippen molar-refractivity contribution in [3.8, 4) is 11.3 Å². The van der Waals surface area contributed by atoms with Crippen molar-refractivity contribution in [1.29, 1.82) is 0 Å². The molecule has 0 radical (unpaired) electrons. The highest BCUT2D eigenvalue weighted by Gasteiger charge is 2.32. The molecule has 1 aromatic heterocycles. The van der Waals surface area contributed by atoms with Crippen molar-refractivity contribution in [1.82, 2.24) is 9.58 Å². The number of hydrogen-bond donors (Lipinski definition) is 0. The Morgan fingerprint density at radius 1 is 1.12 bits per heavy atom. The minimum Gasteiger partial charge on any atom is -0.595 e. The summed E-state index contributed by atoms with van der Waals surface area (Å²) in [4.78, 5) is 5.85. The van der Waals surface area contributed by atoms with Crippen molar-refractivity contribution in [3.63, 3.8) is 0 Å². The van der Waals surface area contributed by atoms with Crippen LogP contribution >= 0.6 is 11.8 Å². The number of aromatic nitrogens is 2. The Morgan fingerprint density at radius 3 is 2.64 bits per heavy atom. The standard InChI is InChI=1S/C20H23N3OS/c1-4-21(5-2)12-13-22-16-11-10-14(3)20-18(16)19(23(22)24)15-8-6-7-9-17(15)25-20/h6-11H,4-5,12-13H2,1-3H3. The van der Waals surface area contributed by atoms with E-state index in [9.17, 15) is 5.21 Å². The molecule has 4 rings (SSSR count). The Bertz CT molecular complexity index is 944. The summed E-state index contributed by atoms with van der Waals surface area (Å²) in [6.45, 7) is 10.1. The molecule has 1 aliphatic rings. The lowest BCUT2D eigenvalue weighted by molar-refractivity contribution is -0.681. The molecule has 0 aliphatic carbocycles. The third kappa shape index (κ3) is 2.53. The fraction of sp³-hybridized carbons (Fsp3) is 0.350. The van der Waals surface area contributed by atoms with Gasteiger partial charge in [-0.15, -0.1) is 4.68 Å². The van der Waals surface area contributed by atoms with Crippen molar-refractivity contribution < 1.29 is 4.85 Å². The molecule has 0 N–H and O–H groups in total. The maximum Gasteiger partial charge on any atom is 0.261 e. The molecule has 1 aliphatic heterocycles. The first-order valence-corrected chi connectivity index (χ1v) is 9.72. The summed E-state index contributed by atoms with van der Waals surface area (Å²) in [5.74, 6) is 0. The van der Waals surface area contributed by atoms with Crippen LogP contribution in [0.5, 0.6) is 0 Å². The highest BCUT2D eigenvalue weighted by Crippen LogP contribution is 2.47. The molecule has 0 spiro atoms. The van der Waals surface area contributed by atoms with Crippen LogP contribution in [0.15, 0.2) is 46.2 Å². The predicted octanol–water partition coefficient (Wildman–Crippen LogP) is 4.06. The fourth-order valence-corrected chi connectivity index (χ4v) is 4.83. The van der Waals surface area contributed by atoms with Crippen LogP contribution in [0.2, 0.25) is 0 Å². The van der Waals surface area contributed by atoms with Crippen molar-refractivity contribution >= 4 is 22.7 Å². The monoisotopic (exact) mass is 353 g/mol. The number of hydrogen-bond acceptors (Lipinski definition) is 3. The lowest BCUT2D eigenvalue weighted by Crippen LogP contribution is -2.41. The molecule has 0 saturated heterocycles. The van der Waals surface area contributed by atoms with E-state index in [4.69, 9.17) is 0 Å². The Morgan fingerprint density at radius 2 is 1.88 bits per heavy atom. The van der Waals surface area contributed by atoms with Crippen molar-refractivity contribution in [2.45, 2.75) is 37.1 Å². The van der Waals surface area contributed by atoms with E-state index in [-0.39, 0.29) is 0 Å². The molecule has 5 heteroatoms. The van der Waals surface area contributed by atoms with Crippen LogP contribution in [0.1, 0.15) is 19.4 Å². The maximum absolute atomic E-state index is 13.2. The number of likely N-dealkylation sites (N-methyl/N-ethyl adjacent to an activating group) is 1. The summed E-state index contributed by atoms with van der Waals surface area (Å²) < 4.78 is 1.90. The topological polar surface area (TPSA) is 35.1 Å². The molecule has 4 nitrogen and oxygen atoms in total. The molecule has 0 amide bonds. The van der Waals surface area contributed by atoms with Crippen LogP contribution in [0.3, 0.4) is 0 Å². The number of aryl methyl sites for hydroxylation is 1. The first-order valence-electron chi connectivity index (χ1n) is 8.91. The van der Waals surface area contributed by atoms with Gasteiger partial charge in [-0.1, -0.05) is 48.7 Å². The summed E-state index contributed by atoms with van der Waals surface area (Å²) in [5.41, 5.74) is 4.13. The van der Waals surface area contributed by atoms with Gasteiger partial charge in [0.2, 0.25) is 0 Å². The lowest BCUT2D eigenvalue weighted by atomic mass is 10.1. The van der Waals surface area contributed by atoms with Gasteiger partial charge in [-0.05, 0) is 43.8 Å². The zero-order chi connectivity index (χ0) is 17.6. The van der Waals surface area contributed by atoms with Crippen LogP contribution in [0.25, 0.3) is 22.2 Å². The van der Waals surface area contributed by atoms with Crippen LogP contribution in [0, 0.1) is 12.1 Å². The molecule has 0 fully saturated rings. The number of nitrogens with zero attached hydrogens (tertiary/aromatic N) is 3. The van der Waals surface area contributed by atoms with Crippen molar-refractivity contribution in [3.05, 3.63) is 47.2 Å². The largest absolute Gasteiger partial charge is 0.595 e. The average Bonchev–Trinajstić information content (AvgIpc) is 2.92. The second-order valence-corrected chi connectivity index (χ2v) is 7.53. The molecule has 3 aromatic rings. The lowest BCUT2D eigenvalue weighted by Gasteiger charge is -2.17. The fourth-order valence-electron chi connectivity index (χ4n) is 3.65. The van der Waals surface area contributed by atoms with E-state index in [2.05, 4.69) is 49.9 Å². The summed E-state index contributed by atoms with van der Waals surface area (Å²) in [5, 5.41) is 14.3. The summed E-state index contributed by atoms with van der Waals surface area (Å²) in [6.07, 6.45) is 0. The van der Waals surface area contributed by atoms with Gasteiger partial charge in [0.25, 0.3) is 5.69 Å². The Labute approximate surface area is 152 Å². The highest BCUT2D eigenvalue weighted by molar-refractivity contribution is 7.99. The van der Waals surface area contributed by atoms with E-state index >= 15 is 0 Å². The molecule has 0 atom stereocenters. The van der Waals surface area contributed by atoms with Gasteiger partial charge in [0.1, 0.15) is 5.52 Å². The van der Waals surface area contributed by atoms with E-state index in [1.165, 1.54) is 10.5 Å². The van der Waals surface area contributed by atoms with E-state index in [0.29, 0.717) is 6.54 Å². The maximum atomic E-state index is 13.2. The smallest absolute Gasteiger partial charge is 0.261 e. The second-order valence-electron chi connectivity index (χ2n) is 6.48. The first-order chi connectivity index (χ1) is 12.2. The van der Waals surface area contributed by atoms with Gasteiger partial charge in [-0.2, -0.15) is 0 Å².